The summed E-state index contributed by atoms with van der Waals surface area (Å²) in [6.45, 7) is 0.620. The van der Waals surface area contributed by atoms with Crippen LogP contribution in [0.4, 0.5) is 4.48 Å². The van der Waals surface area contributed by atoms with Gasteiger partial charge in [0, 0.05) is 25.2 Å². The van der Waals surface area contributed by atoms with E-state index >= 15 is 0 Å². The van der Waals surface area contributed by atoms with Crippen molar-refractivity contribution in [2.24, 2.45) is 0 Å². The monoisotopic (exact) mass is 344 g/mol. The van der Waals surface area contributed by atoms with Crippen LogP contribution in [0.5, 0.6) is 0 Å². The average molecular weight is 344 g/mol. The second kappa shape index (κ2) is 9.54. The zero-order chi connectivity index (χ0) is 18.1. The van der Waals surface area contributed by atoms with Crippen LogP contribution < -0.4 is 5.54 Å². The van der Waals surface area contributed by atoms with Crippen LogP contribution in [0.25, 0.3) is 0 Å². The lowest BCUT2D eigenvalue weighted by molar-refractivity contribution is -0.139. The summed E-state index contributed by atoms with van der Waals surface area (Å²) < 4.78 is 11.8. The Morgan fingerprint density at radius 3 is 2.28 bits per heavy atom. The number of nitrogens with one attached hydrogen (secondary N) is 1. The molecule has 0 spiro atoms. The highest BCUT2D eigenvalue weighted by Gasteiger charge is 2.34. The lowest BCUT2D eigenvalue weighted by atomic mass is 9.89. The van der Waals surface area contributed by atoms with E-state index in [-0.39, 0.29) is 19.0 Å². The maximum absolute atomic E-state index is 12.2. The fourth-order valence-corrected chi connectivity index (χ4v) is 2.69. The van der Waals surface area contributed by atoms with Gasteiger partial charge in [-0.25, -0.2) is 0 Å². The van der Waals surface area contributed by atoms with E-state index in [4.69, 9.17) is 0 Å². The predicted molar refractivity (Wildman–Crippen MR) is 92.9 cm³/mol. The van der Waals surface area contributed by atoms with Crippen molar-refractivity contribution in [3.63, 3.8) is 0 Å². The zero-order valence-electron chi connectivity index (χ0n) is 13.8. The third-order valence-electron chi connectivity index (χ3n) is 3.92. The molecule has 1 aliphatic rings. The molecule has 6 heteroatoms. The molecule has 3 rings (SSSR count). The molecule has 1 amide bonds. The molecule has 0 bridgehead atoms. The van der Waals surface area contributed by atoms with Gasteiger partial charge in [-0.15, -0.1) is 4.48 Å². The van der Waals surface area contributed by atoms with Gasteiger partial charge in [-0.1, -0.05) is 54.6 Å². The molecular weight excluding hydrogens is 323 g/mol. The van der Waals surface area contributed by atoms with Crippen LogP contribution in [0.1, 0.15) is 28.3 Å². The second-order valence-electron chi connectivity index (χ2n) is 5.62. The molecule has 0 saturated heterocycles. The van der Waals surface area contributed by atoms with Gasteiger partial charge in [-0.3, -0.25) is 9.59 Å². The zero-order valence-corrected chi connectivity index (χ0v) is 13.8. The van der Waals surface area contributed by atoms with Crippen LogP contribution >= 0.6 is 0 Å². The van der Waals surface area contributed by atoms with Gasteiger partial charge in [0.1, 0.15) is 5.92 Å². The van der Waals surface area contributed by atoms with Crippen LogP contribution in [-0.2, 0) is 4.79 Å². The summed E-state index contributed by atoms with van der Waals surface area (Å²) in [6, 6.07) is 18.7. The van der Waals surface area contributed by atoms with Crippen LogP contribution in [0.15, 0.2) is 60.7 Å². The van der Waals surface area contributed by atoms with E-state index in [1.165, 1.54) is 10.4 Å². The van der Waals surface area contributed by atoms with Crippen molar-refractivity contribution in [2.45, 2.75) is 12.3 Å². The smallest absolute Gasteiger partial charge is 0.312 e. The summed E-state index contributed by atoms with van der Waals surface area (Å²) in [5, 5.41) is 9.25. The van der Waals surface area contributed by atoms with Crippen molar-refractivity contribution >= 4 is 11.9 Å². The molecule has 25 heavy (non-hydrogen) atoms. The van der Waals surface area contributed by atoms with Gasteiger partial charge in [0.05, 0.1) is 0 Å². The number of benzene rings is 2. The summed E-state index contributed by atoms with van der Waals surface area (Å²) in [5.41, 5.74) is 2.50. The molecule has 1 heterocycles. The average Bonchev–Trinajstić information content (AvgIpc) is 2.65. The molecule has 1 aliphatic heterocycles. The lowest BCUT2D eigenvalue weighted by Crippen LogP contribution is -2.43. The fraction of sp³-hybridized carbons (Fsp3) is 0.263. The first-order valence-corrected chi connectivity index (χ1v) is 8.09. The Morgan fingerprint density at radius 2 is 1.72 bits per heavy atom. The van der Waals surface area contributed by atoms with E-state index < -0.39 is 11.9 Å². The number of amides is 1. The topological polar surface area (TPSA) is 69.6 Å². The van der Waals surface area contributed by atoms with Gasteiger partial charge in [0.25, 0.3) is 5.91 Å². The number of rotatable bonds is 5. The molecule has 1 atom stereocenters. The Bertz CT molecular complexity index is 667. The molecule has 2 N–H and O–H groups in total. The highest BCUT2D eigenvalue weighted by Crippen LogP contribution is 2.28. The van der Waals surface area contributed by atoms with Gasteiger partial charge in [0.2, 0.25) is 0 Å². The predicted octanol–water partition coefficient (Wildman–Crippen LogP) is 2.86. The highest BCUT2D eigenvalue weighted by molar-refractivity contribution is 5.99. The molecule has 132 valence electrons. The summed E-state index contributed by atoms with van der Waals surface area (Å²) in [6.07, 6.45) is 0.441. The first-order chi connectivity index (χ1) is 12.1. The van der Waals surface area contributed by atoms with Crippen LogP contribution in [-0.4, -0.2) is 41.5 Å². The van der Waals surface area contributed by atoms with Crippen LogP contribution in [0.2, 0.25) is 0 Å². The number of carboxylic acids is 1. The Kier molecular flexibility index (Phi) is 7.10. The van der Waals surface area contributed by atoms with Crippen molar-refractivity contribution in [1.82, 2.24) is 10.4 Å². The van der Waals surface area contributed by atoms with E-state index in [2.05, 4.69) is 0 Å². The second-order valence-corrected chi connectivity index (χ2v) is 5.62. The van der Waals surface area contributed by atoms with Gasteiger partial charge in [-0.2, -0.15) is 5.54 Å². The van der Waals surface area contributed by atoms with Crippen molar-refractivity contribution in [3.8, 4) is 0 Å². The summed E-state index contributed by atoms with van der Waals surface area (Å²) in [7, 11) is 0. The minimum absolute atomic E-state index is 0.136. The lowest BCUT2D eigenvalue weighted by Gasteiger charge is -2.32. The normalized spacial score (nSPS) is 15.8. The number of nitrogens with zero attached hydrogens (tertiary/aromatic N) is 1. The molecule has 2 aromatic rings. The van der Waals surface area contributed by atoms with Gasteiger partial charge >= 0.3 is 5.97 Å². The molecular formula is C19H21FN2O3. The molecule has 0 unspecified atom stereocenters. The molecule has 2 aromatic carbocycles. The van der Waals surface area contributed by atoms with Crippen LogP contribution in [0, 0.1) is 0 Å². The van der Waals surface area contributed by atoms with Crippen molar-refractivity contribution in [3.05, 3.63) is 71.8 Å². The molecule has 0 saturated carbocycles. The van der Waals surface area contributed by atoms with Crippen molar-refractivity contribution < 1.29 is 19.2 Å². The van der Waals surface area contributed by atoms with Gasteiger partial charge in [0.15, 0.2) is 0 Å². The van der Waals surface area contributed by atoms with E-state index in [0.29, 0.717) is 24.1 Å². The Labute approximate surface area is 146 Å². The van der Waals surface area contributed by atoms with Crippen LogP contribution in [0.3, 0.4) is 0 Å². The number of fused-ring (bicyclic) bond motifs is 1. The summed E-state index contributed by atoms with van der Waals surface area (Å²) in [5.74, 6) is -1.85. The van der Waals surface area contributed by atoms with Crippen molar-refractivity contribution in [1.29, 1.82) is 0 Å². The van der Waals surface area contributed by atoms with E-state index in [0.717, 1.165) is 0 Å². The van der Waals surface area contributed by atoms with E-state index in [1.807, 2.05) is 36.4 Å². The Hall–Kier alpha value is -2.73. The Balaban J connectivity index is 0.000000316. The molecule has 5 nitrogen and oxygen atoms in total. The minimum Gasteiger partial charge on any atom is -0.481 e. The number of hydrogen-bond donors (Lipinski definition) is 2. The van der Waals surface area contributed by atoms with Crippen molar-refractivity contribution in [2.75, 3.05) is 19.6 Å². The standard InChI is InChI=1S/C13H15FN2O3.C6H6/c14-15-6-3-7-16-8-11(13(18)19)9-4-1-2-5-10(9)12(16)17;1-2-4-6-5-3-1/h1-2,4-5,11,15H,3,6-8H2,(H,18,19);1-6H/t11-;/m1./s1. The molecule has 0 radical (unpaired) electrons. The quantitative estimate of drug-likeness (QED) is 0.646. The third-order valence-corrected chi connectivity index (χ3v) is 3.92. The first-order valence-electron chi connectivity index (χ1n) is 8.09. The van der Waals surface area contributed by atoms with E-state index in [1.54, 1.807) is 24.3 Å². The third kappa shape index (κ3) is 5.12. The SMILES string of the molecule is O=C(O)[C@@H]1CN(CCCNF)C(=O)c2ccccc21.c1ccccc1. The number of carbonyl (C=O) groups excluding carboxylic acids is 1. The number of carbonyl (C=O) groups is 2. The molecule has 0 aromatic heterocycles. The Morgan fingerprint density at radius 1 is 1.12 bits per heavy atom. The maximum atomic E-state index is 12.2. The maximum Gasteiger partial charge on any atom is 0.312 e. The first kappa shape index (κ1) is 18.6. The minimum atomic E-state index is -0.950. The van der Waals surface area contributed by atoms with Gasteiger partial charge < -0.3 is 10.0 Å². The fourth-order valence-electron chi connectivity index (χ4n) is 2.69. The highest BCUT2D eigenvalue weighted by atomic mass is 19.2. The number of aliphatic carboxylic acids is 1. The number of carboxylic acid groups (broad SMARTS) is 1. The summed E-state index contributed by atoms with van der Waals surface area (Å²) >= 11 is 0. The van der Waals surface area contributed by atoms with Gasteiger partial charge in [-0.05, 0) is 18.1 Å². The number of hydrogen-bond acceptors (Lipinski definition) is 3. The van der Waals surface area contributed by atoms with E-state index in [9.17, 15) is 19.2 Å². The largest absolute Gasteiger partial charge is 0.481 e. The molecule has 0 fully saturated rings. The number of halogens is 1. The molecule has 0 aliphatic carbocycles. The summed E-state index contributed by atoms with van der Waals surface area (Å²) in [4.78, 5) is 25.0.